The minimum absolute atomic E-state index is 0.00667. The molecule has 0 aliphatic rings. The van der Waals surface area contributed by atoms with Gasteiger partial charge in [0.1, 0.15) is 0 Å². The molecule has 1 aromatic heterocycles. The van der Waals surface area contributed by atoms with Crippen LogP contribution in [-0.2, 0) is 6.54 Å². The van der Waals surface area contributed by atoms with Gasteiger partial charge < -0.3 is 5.73 Å². The average Bonchev–Trinajstić information content (AvgIpc) is 2.09. The lowest BCUT2D eigenvalue weighted by molar-refractivity contribution is 0.571. The highest BCUT2D eigenvalue weighted by molar-refractivity contribution is 7.80. The molecule has 0 fully saturated rings. The monoisotopic (exact) mass is 211 g/mol. The van der Waals surface area contributed by atoms with Crippen molar-refractivity contribution < 1.29 is 0 Å². The molecule has 1 aromatic rings. The van der Waals surface area contributed by atoms with Crippen LogP contribution in [0.25, 0.3) is 0 Å². The van der Waals surface area contributed by atoms with Crippen molar-refractivity contribution in [2.24, 2.45) is 11.7 Å². The molecule has 2 N–H and O–H groups in total. The third-order valence-electron chi connectivity index (χ3n) is 1.97. The first-order chi connectivity index (χ1) is 6.50. The zero-order valence-corrected chi connectivity index (χ0v) is 9.04. The first-order valence-corrected chi connectivity index (χ1v) is 4.74. The maximum atomic E-state index is 11.4. The normalized spacial score (nSPS) is 12.4. The molecular weight excluding hydrogens is 198 g/mol. The van der Waals surface area contributed by atoms with E-state index in [2.05, 4.69) is 4.98 Å². The van der Waals surface area contributed by atoms with Gasteiger partial charge in [0.05, 0.1) is 11.3 Å². The van der Waals surface area contributed by atoms with E-state index in [0.29, 0.717) is 17.2 Å². The van der Waals surface area contributed by atoms with E-state index in [9.17, 15) is 4.79 Å². The van der Waals surface area contributed by atoms with Crippen molar-refractivity contribution in [3.63, 3.8) is 0 Å². The lowest BCUT2D eigenvalue weighted by Crippen LogP contribution is -2.28. The molecule has 0 aliphatic heterocycles. The molecule has 0 aromatic carbocycles. The Morgan fingerprint density at radius 1 is 1.79 bits per heavy atom. The molecule has 1 atom stereocenters. The van der Waals surface area contributed by atoms with Gasteiger partial charge in [0.2, 0.25) is 0 Å². The van der Waals surface area contributed by atoms with E-state index >= 15 is 0 Å². The van der Waals surface area contributed by atoms with Crippen LogP contribution in [0.5, 0.6) is 0 Å². The van der Waals surface area contributed by atoms with Gasteiger partial charge in [-0.05, 0) is 6.92 Å². The lowest BCUT2D eigenvalue weighted by Gasteiger charge is -2.10. The van der Waals surface area contributed by atoms with E-state index in [1.807, 2.05) is 6.92 Å². The Labute approximate surface area is 87.8 Å². The molecule has 0 aliphatic carbocycles. The number of aromatic nitrogens is 2. The Morgan fingerprint density at radius 3 is 2.93 bits per heavy atom. The van der Waals surface area contributed by atoms with Crippen LogP contribution < -0.4 is 11.3 Å². The number of thiocarbonyl (C=S) groups is 1. The fourth-order valence-corrected chi connectivity index (χ4v) is 1.11. The van der Waals surface area contributed by atoms with E-state index in [-0.39, 0.29) is 11.5 Å². The Kier molecular flexibility index (Phi) is 3.35. The van der Waals surface area contributed by atoms with Gasteiger partial charge in [0, 0.05) is 24.2 Å². The smallest absolute Gasteiger partial charge is 0.253 e. The molecule has 0 bridgehead atoms. The van der Waals surface area contributed by atoms with Gasteiger partial charge in [-0.2, -0.15) is 0 Å². The molecule has 1 unspecified atom stereocenters. The summed E-state index contributed by atoms with van der Waals surface area (Å²) in [5.74, 6) is 0.00667. The summed E-state index contributed by atoms with van der Waals surface area (Å²) in [6, 6.07) is 1.49. The number of nitrogens with zero attached hydrogens (tertiary/aromatic N) is 2. The molecule has 0 saturated heterocycles. The average molecular weight is 211 g/mol. The third-order valence-corrected chi connectivity index (χ3v) is 2.37. The number of hydrogen-bond donors (Lipinski definition) is 1. The van der Waals surface area contributed by atoms with Crippen molar-refractivity contribution in [3.05, 3.63) is 28.4 Å². The first kappa shape index (κ1) is 10.8. The van der Waals surface area contributed by atoms with Gasteiger partial charge >= 0.3 is 0 Å². The highest BCUT2D eigenvalue weighted by atomic mass is 32.1. The molecule has 0 amide bonds. The zero-order chi connectivity index (χ0) is 10.7. The van der Waals surface area contributed by atoms with E-state index in [1.165, 1.54) is 17.0 Å². The highest BCUT2D eigenvalue weighted by Gasteiger charge is 2.06. The van der Waals surface area contributed by atoms with Gasteiger partial charge in [0.25, 0.3) is 5.56 Å². The number of nitrogens with two attached hydrogens (primary N) is 1. The summed E-state index contributed by atoms with van der Waals surface area (Å²) in [6.07, 6.45) is 1.52. The quantitative estimate of drug-likeness (QED) is 0.738. The SMILES string of the molecule is Cc1cc(=O)n(CC(C)C(N)=S)cn1. The van der Waals surface area contributed by atoms with E-state index in [4.69, 9.17) is 18.0 Å². The van der Waals surface area contributed by atoms with Gasteiger partial charge in [-0.3, -0.25) is 9.36 Å². The molecule has 76 valence electrons. The molecule has 1 rings (SSSR count). The predicted octanol–water partition coefficient (Wildman–Crippen LogP) is 0.474. The van der Waals surface area contributed by atoms with Crippen molar-refractivity contribution in [3.8, 4) is 0 Å². The summed E-state index contributed by atoms with van der Waals surface area (Å²) in [5.41, 5.74) is 6.11. The van der Waals surface area contributed by atoms with Crippen LogP contribution in [0, 0.1) is 12.8 Å². The summed E-state index contributed by atoms with van der Waals surface area (Å²) in [6.45, 7) is 4.15. The summed E-state index contributed by atoms with van der Waals surface area (Å²) in [4.78, 5) is 15.9. The predicted molar refractivity (Wildman–Crippen MR) is 59.2 cm³/mol. The van der Waals surface area contributed by atoms with Crippen LogP contribution in [0.2, 0.25) is 0 Å². The fraction of sp³-hybridized carbons (Fsp3) is 0.444. The first-order valence-electron chi connectivity index (χ1n) is 4.33. The van der Waals surface area contributed by atoms with Crippen molar-refractivity contribution in [1.82, 2.24) is 9.55 Å². The minimum atomic E-state index is -0.0689. The van der Waals surface area contributed by atoms with Crippen molar-refractivity contribution >= 4 is 17.2 Å². The third kappa shape index (κ3) is 2.63. The van der Waals surface area contributed by atoms with E-state index in [0.717, 1.165) is 0 Å². The Hall–Kier alpha value is -1.23. The topological polar surface area (TPSA) is 60.9 Å². The highest BCUT2D eigenvalue weighted by Crippen LogP contribution is 1.98. The Morgan fingerprint density at radius 2 is 2.43 bits per heavy atom. The van der Waals surface area contributed by atoms with Crippen LogP contribution in [0.15, 0.2) is 17.2 Å². The van der Waals surface area contributed by atoms with Gasteiger partial charge in [-0.1, -0.05) is 19.1 Å². The van der Waals surface area contributed by atoms with Crippen molar-refractivity contribution in [2.45, 2.75) is 20.4 Å². The van der Waals surface area contributed by atoms with E-state index in [1.54, 1.807) is 6.92 Å². The second-order valence-corrected chi connectivity index (χ2v) is 3.80. The van der Waals surface area contributed by atoms with Gasteiger partial charge in [-0.25, -0.2) is 4.98 Å². The molecule has 0 saturated carbocycles. The lowest BCUT2D eigenvalue weighted by atomic mass is 10.2. The zero-order valence-electron chi connectivity index (χ0n) is 8.23. The van der Waals surface area contributed by atoms with Crippen LogP contribution >= 0.6 is 12.2 Å². The molecule has 0 radical (unpaired) electrons. The molecular formula is C9H13N3OS. The summed E-state index contributed by atoms with van der Waals surface area (Å²) >= 11 is 4.83. The number of aryl methyl sites for hydroxylation is 1. The van der Waals surface area contributed by atoms with Crippen molar-refractivity contribution in [1.29, 1.82) is 0 Å². The number of rotatable bonds is 3. The van der Waals surface area contributed by atoms with Crippen LogP contribution in [0.1, 0.15) is 12.6 Å². The van der Waals surface area contributed by atoms with Gasteiger partial charge in [0.15, 0.2) is 0 Å². The standard InChI is InChI=1S/C9H13N3OS/c1-6(9(10)14)4-12-5-11-7(2)3-8(12)13/h3,5-6H,4H2,1-2H3,(H2,10,14). The molecule has 14 heavy (non-hydrogen) atoms. The maximum Gasteiger partial charge on any atom is 0.253 e. The second kappa shape index (κ2) is 4.32. The molecule has 1 heterocycles. The summed E-state index contributed by atoms with van der Waals surface area (Å²) in [5, 5.41) is 0. The van der Waals surface area contributed by atoms with E-state index < -0.39 is 0 Å². The molecule has 4 nitrogen and oxygen atoms in total. The minimum Gasteiger partial charge on any atom is -0.393 e. The fourth-order valence-electron chi connectivity index (χ4n) is 1.04. The van der Waals surface area contributed by atoms with Crippen LogP contribution in [0.4, 0.5) is 0 Å². The largest absolute Gasteiger partial charge is 0.393 e. The van der Waals surface area contributed by atoms with Crippen LogP contribution in [-0.4, -0.2) is 14.5 Å². The summed E-state index contributed by atoms with van der Waals surface area (Å²) < 4.78 is 1.51. The molecule has 5 heteroatoms. The van der Waals surface area contributed by atoms with Crippen LogP contribution in [0.3, 0.4) is 0 Å². The molecule has 0 spiro atoms. The van der Waals surface area contributed by atoms with Crippen molar-refractivity contribution in [2.75, 3.05) is 0 Å². The Balaban J connectivity index is 2.88. The maximum absolute atomic E-state index is 11.4. The van der Waals surface area contributed by atoms with Gasteiger partial charge in [-0.15, -0.1) is 0 Å². The second-order valence-electron chi connectivity index (χ2n) is 3.32. The Bertz CT molecular complexity index is 399. The number of hydrogen-bond acceptors (Lipinski definition) is 3. The summed E-state index contributed by atoms with van der Waals surface area (Å²) in [7, 11) is 0.